The highest BCUT2D eigenvalue weighted by Gasteiger charge is 1.99. The molecule has 1 aromatic carbocycles. The van der Waals surface area contributed by atoms with E-state index in [9.17, 15) is 0 Å². The fourth-order valence-corrected chi connectivity index (χ4v) is 1.34. The Morgan fingerprint density at radius 1 is 1.21 bits per heavy atom. The van der Waals surface area contributed by atoms with Gasteiger partial charge in [0.2, 0.25) is 0 Å². The van der Waals surface area contributed by atoms with Gasteiger partial charge < -0.3 is 10.6 Å². The molecule has 0 saturated heterocycles. The lowest BCUT2D eigenvalue weighted by Gasteiger charge is -2.09. The zero-order chi connectivity index (χ0) is 10.4. The molecule has 2 heteroatoms. The molecule has 0 heterocycles. The van der Waals surface area contributed by atoms with Crippen LogP contribution in [0.2, 0.25) is 0 Å². The zero-order valence-electron chi connectivity index (χ0n) is 9.30. The van der Waals surface area contributed by atoms with Gasteiger partial charge in [0.05, 0.1) is 0 Å². The first-order valence-electron chi connectivity index (χ1n) is 5.22. The van der Waals surface area contributed by atoms with Crippen LogP contribution < -0.4 is 10.6 Å². The van der Waals surface area contributed by atoms with Gasteiger partial charge in [0.25, 0.3) is 0 Å². The number of benzene rings is 1. The topological polar surface area (TPSA) is 24.1 Å². The Morgan fingerprint density at radius 3 is 2.64 bits per heavy atom. The van der Waals surface area contributed by atoms with E-state index >= 15 is 0 Å². The Balaban J connectivity index is 2.55. The second-order valence-corrected chi connectivity index (χ2v) is 3.81. The first-order chi connectivity index (χ1) is 6.74. The smallest absolute Gasteiger partial charge is 0.0343 e. The summed E-state index contributed by atoms with van der Waals surface area (Å²) in [5, 5.41) is 6.49. The predicted octanol–water partition coefficient (Wildman–Crippen LogP) is 2.44. The van der Waals surface area contributed by atoms with E-state index in [0.717, 1.165) is 13.1 Å². The van der Waals surface area contributed by atoms with Crippen LogP contribution in [0.25, 0.3) is 0 Å². The third-order valence-corrected chi connectivity index (χ3v) is 2.26. The van der Waals surface area contributed by atoms with Crippen molar-refractivity contribution >= 4 is 5.69 Å². The summed E-state index contributed by atoms with van der Waals surface area (Å²) >= 11 is 0. The number of anilines is 1. The first-order valence-corrected chi connectivity index (χ1v) is 5.22. The van der Waals surface area contributed by atoms with Gasteiger partial charge in [0.1, 0.15) is 0 Å². The molecule has 0 bridgehead atoms. The SMILES string of the molecule is CNCCNc1cccc(C(C)C)c1. The van der Waals surface area contributed by atoms with Crippen LogP contribution in [0.4, 0.5) is 5.69 Å². The van der Waals surface area contributed by atoms with E-state index in [4.69, 9.17) is 0 Å². The zero-order valence-corrected chi connectivity index (χ0v) is 9.30. The summed E-state index contributed by atoms with van der Waals surface area (Å²) in [6.45, 7) is 6.39. The van der Waals surface area contributed by atoms with Crippen molar-refractivity contribution in [1.82, 2.24) is 5.32 Å². The van der Waals surface area contributed by atoms with Gasteiger partial charge in [-0.25, -0.2) is 0 Å². The van der Waals surface area contributed by atoms with Crippen molar-refractivity contribution in [2.24, 2.45) is 0 Å². The predicted molar refractivity (Wildman–Crippen MR) is 62.9 cm³/mol. The Morgan fingerprint density at radius 2 is 2.00 bits per heavy atom. The number of hydrogen-bond donors (Lipinski definition) is 2. The maximum Gasteiger partial charge on any atom is 0.0343 e. The third-order valence-electron chi connectivity index (χ3n) is 2.26. The molecule has 1 rings (SSSR count). The molecule has 1 aromatic rings. The van der Waals surface area contributed by atoms with Crippen molar-refractivity contribution in [2.75, 3.05) is 25.5 Å². The summed E-state index contributed by atoms with van der Waals surface area (Å²) in [6.07, 6.45) is 0. The van der Waals surface area contributed by atoms with Gasteiger partial charge in [-0.1, -0.05) is 26.0 Å². The highest BCUT2D eigenvalue weighted by atomic mass is 14.9. The van der Waals surface area contributed by atoms with E-state index in [-0.39, 0.29) is 0 Å². The minimum absolute atomic E-state index is 0.598. The summed E-state index contributed by atoms with van der Waals surface area (Å²) in [4.78, 5) is 0. The molecule has 0 unspecified atom stereocenters. The molecule has 0 amide bonds. The lowest BCUT2D eigenvalue weighted by Crippen LogP contribution is -2.17. The van der Waals surface area contributed by atoms with Crippen LogP contribution in [0, 0.1) is 0 Å². The van der Waals surface area contributed by atoms with Crippen LogP contribution in [0.1, 0.15) is 25.3 Å². The van der Waals surface area contributed by atoms with E-state index in [2.05, 4.69) is 48.7 Å². The fourth-order valence-electron chi connectivity index (χ4n) is 1.34. The highest BCUT2D eigenvalue weighted by Crippen LogP contribution is 2.17. The standard InChI is InChI=1S/C12H20N2/c1-10(2)11-5-4-6-12(9-11)14-8-7-13-3/h4-6,9-10,13-14H,7-8H2,1-3H3. The van der Waals surface area contributed by atoms with Crippen molar-refractivity contribution in [3.05, 3.63) is 29.8 Å². The maximum absolute atomic E-state index is 3.38. The maximum atomic E-state index is 3.38. The number of rotatable bonds is 5. The quantitative estimate of drug-likeness (QED) is 0.700. The number of hydrogen-bond acceptors (Lipinski definition) is 2. The Labute approximate surface area is 86.7 Å². The van der Waals surface area contributed by atoms with Crippen molar-refractivity contribution in [3.8, 4) is 0 Å². The second kappa shape index (κ2) is 5.66. The lowest BCUT2D eigenvalue weighted by atomic mass is 10.0. The number of likely N-dealkylation sites (N-methyl/N-ethyl adjacent to an activating group) is 1. The van der Waals surface area contributed by atoms with Gasteiger partial charge in [0, 0.05) is 18.8 Å². The Kier molecular flexibility index (Phi) is 4.47. The van der Waals surface area contributed by atoms with Gasteiger partial charge in [-0.2, -0.15) is 0 Å². The summed E-state index contributed by atoms with van der Waals surface area (Å²) in [5.41, 5.74) is 2.60. The molecule has 2 nitrogen and oxygen atoms in total. The molecule has 0 spiro atoms. The molecule has 0 aliphatic heterocycles. The minimum Gasteiger partial charge on any atom is -0.384 e. The van der Waals surface area contributed by atoms with Crippen molar-refractivity contribution < 1.29 is 0 Å². The van der Waals surface area contributed by atoms with Gasteiger partial charge in [-0.05, 0) is 30.7 Å². The average Bonchev–Trinajstić information content (AvgIpc) is 2.19. The van der Waals surface area contributed by atoms with Crippen LogP contribution in [-0.2, 0) is 0 Å². The molecule has 2 N–H and O–H groups in total. The molecule has 0 saturated carbocycles. The summed E-state index contributed by atoms with van der Waals surface area (Å²) in [6, 6.07) is 8.62. The molecule has 0 aliphatic carbocycles. The summed E-state index contributed by atoms with van der Waals surface area (Å²) in [7, 11) is 1.96. The molecule has 14 heavy (non-hydrogen) atoms. The monoisotopic (exact) mass is 192 g/mol. The number of nitrogens with one attached hydrogen (secondary N) is 2. The average molecular weight is 192 g/mol. The molecular weight excluding hydrogens is 172 g/mol. The van der Waals surface area contributed by atoms with Crippen LogP contribution >= 0.6 is 0 Å². The molecule has 0 radical (unpaired) electrons. The lowest BCUT2D eigenvalue weighted by molar-refractivity contribution is 0.822. The van der Waals surface area contributed by atoms with Gasteiger partial charge >= 0.3 is 0 Å². The van der Waals surface area contributed by atoms with Crippen LogP contribution in [-0.4, -0.2) is 20.1 Å². The van der Waals surface area contributed by atoms with Crippen LogP contribution in [0.3, 0.4) is 0 Å². The molecule has 0 atom stereocenters. The molecule has 0 aliphatic rings. The molecular formula is C12H20N2. The van der Waals surface area contributed by atoms with E-state index in [0.29, 0.717) is 5.92 Å². The molecule has 0 aromatic heterocycles. The molecule has 78 valence electrons. The molecule has 0 fully saturated rings. The minimum atomic E-state index is 0.598. The van der Waals surface area contributed by atoms with E-state index < -0.39 is 0 Å². The third kappa shape index (κ3) is 3.38. The van der Waals surface area contributed by atoms with Crippen molar-refractivity contribution in [1.29, 1.82) is 0 Å². The van der Waals surface area contributed by atoms with Gasteiger partial charge in [-0.15, -0.1) is 0 Å². The Hall–Kier alpha value is -1.02. The normalized spacial score (nSPS) is 10.6. The van der Waals surface area contributed by atoms with Gasteiger partial charge in [0.15, 0.2) is 0 Å². The fraction of sp³-hybridized carbons (Fsp3) is 0.500. The van der Waals surface area contributed by atoms with Crippen molar-refractivity contribution in [2.45, 2.75) is 19.8 Å². The second-order valence-electron chi connectivity index (χ2n) is 3.81. The van der Waals surface area contributed by atoms with Gasteiger partial charge in [-0.3, -0.25) is 0 Å². The summed E-state index contributed by atoms with van der Waals surface area (Å²) in [5.74, 6) is 0.598. The van der Waals surface area contributed by atoms with E-state index in [1.807, 2.05) is 7.05 Å². The highest BCUT2D eigenvalue weighted by molar-refractivity contribution is 5.46. The summed E-state index contributed by atoms with van der Waals surface area (Å²) < 4.78 is 0. The van der Waals surface area contributed by atoms with E-state index in [1.165, 1.54) is 11.3 Å². The van der Waals surface area contributed by atoms with Crippen LogP contribution in [0.5, 0.6) is 0 Å². The first kappa shape index (κ1) is 11.1. The van der Waals surface area contributed by atoms with Crippen molar-refractivity contribution in [3.63, 3.8) is 0 Å². The van der Waals surface area contributed by atoms with E-state index in [1.54, 1.807) is 0 Å². The Bertz CT molecular complexity index is 269. The van der Waals surface area contributed by atoms with Crippen LogP contribution in [0.15, 0.2) is 24.3 Å². The largest absolute Gasteiger partial charge is 0.384 e.